The van der Waals surface area contributed by atoms with Gasteiger partial charge >= 0.3 is 5.97 Å². The smallest absolute Gasteiger partial charge is 0.310 e. The molecule has 0 radical (unpaired) electrons. The van der Waals surface area contributed by atoms with E-state index in [4.69, 9.17) is 9.47 Å². The Bertz CT molecular complexity index is 874. The molecule has 0 saturated heterocycles. The third-order valence-corrected chi connectivity index (χ3v) is 5.17. The fourth-order valence-corrected chi connectivity index (χ4v) is 3.42. The zero-order valence-electron chi connectivity index (χ0n) is 17.0. The van der Waals surface area contributed by atoms with E-state index in [1.165, 1.54) is 5.57 Å². The normalized spacial score (nSPS) is 19.9. The van der Waals surface area contributed by atoms with Crippen LogP contribution in [0, 0.1) is 17.3 Å². The average molecular weight is 376 g/mol. The van der Waals surface area contributed by atoms with Crippen molar-refractivity contribution in [1.82, 2.24) is 0 Å². The van der Waals surface area contributed by atoms with Gasteiger partial charge in [-0.25, -0.2) is 0 Å². The van der Waals surface area contributed by atoms with Crippen molar-refractivity contribution in [3.63, 3.8) is 0 Å². The molecule has 1 saturated carbocycles. The highest BCUT2D eigenvalue weighted by Gasteiger charge is 2.61. The minimum absolute atomic E-state index is 0.0542. The molecule has 0 bridgehead atoms. The van der Waals surface area contributed by atoms with Crippen LogP contribution in [0.4, 0.5) is 0 Å². The first kappa shape index (κ1) is 19.9. The zero-order chi connectivity index (χ0) is 20.1. The lowest BCUT2D eigenvalue weighted by atomic mass is 10.1. The maximum atomic E-state index is 12.6. The van der Waals surface area contributed by atoms with Gasteiger partial charge in [0.05, 0.1) is 5.92 Å². The van der Waals surface area contributed by atoms with Gasteiger partial charge in [0.1, 0.15) is 18.1 Å². The third kappa shape index (κ3) is 4.92. The predicted molar refractivity (Wildman–Crippen MR) is 112 cm³/mol. The fourth-order valence-electron chi connectivity index (χ4n) is 3.42. The lowest BCUT2D eigenvalue weighted by Gasteiger charge is -2.09. The maximum Gasteiger partial charge on any atom is 0.310 e. The molecule has 0 unspecified atom stereocenters. The Morgan fingerprint density at radius 3 is 2.46 bits per heavy atom. The average Bonchev–Trinajstić information content (AvgIpc) is 3.21. The summed E-state index contributed by atoms with van der Waals surface area (Å²) in [7, 11) is 0. The number of rotatable bonds is 7. The molecule has 0 spiro atoms. The number of allylic oxidation sites excluding steroid dienone is 4. The van der Waals surface area contributed by atoms with Crippen LogP contribution in [0.3, 0.4) is 0 Å². The topological polar surface area (TPSA) is 35.5 Å². The molecule has 2 aromatic carbocycles. The van der Waals surface area contributed by atoms with Crippen molar-refractivity contribution in [3.8, 4) is 11.5 Å². The summed E-state index contributed by atoms with van der Waals surface area (Å²) < 4.78 is 11.5. The first-order valence-corrected chi connectivity index (χ1v) is 9.68. The molecule has 0 N–H and O–H groups in total. The lowest BCUT2D eigenvalue weighted by Crippen LogP contribution is -2.10. The van der Waals surface area contributed by atoms with Gasteiger partial charge in [-0.1, -0.05) is 68.0 Å². The number of hydrogen-bond acceptors (Lipinski definition) is 3. The van der Waals surface area contributed by atoms with Gasteiger partial charge < -0.3 is 9.47 Å². The minimum atomic E-state index is -0.133. The van der Waals surface area contributed by atoms with Crippen LogP contribution in [0.1, 0.15) is 33.3 Å². The summed E-state index contributed by atoms with van der Waals surface area (Å²) in [5, 5.41) is 0. The van der Waals surface area contributed by atoms with Gasteiger partial charge in [0.15, 0.2) is 0 Å². The van der Waals surface area contributed by atoms with Crippen LogP contribution in [-0.4, -0.2) is 5.97 Å². The Balaban J connectivity index is 1.57. The van der Waals surface area contributed by atoms with Crippen LogP contribution in [0.2, 0.25) is 0 Å². The summed E-state index contributed by atoms with van der Waals surface area (Å²) in [6.45, 7) is 8.60. The zero-order valence-corrected chi connectivity index (χ0v) is 17.0. The van der Waals surface area contributed by atoms with Gasteiger partial charge in [0.25, 0.3) is 0 Å². The van der Waals surface area contributed by atoms with Gasteiger partial charge in [-0.15, -0.1) is 0 Å². The molecule has 3 heteroatoms. The molecular weight excluding hydrogens is 348 g/mol. The highest BCUT2D eigenvalue weighted by Crippen LogP contribution is 2.59. The van der Waals surface area contributed by atoms with Crippen molar-refractivity contribution in [2.45, 2.75) is 34.3 Å². The fraction of sp³-hybridized carbons (Fsp3) is 0.320. The molecule has 1 fully saturated rings. The van der Waals surface area contributed by atoms with E-state index in [0.717, 1.165) is 17.1 Å². The van der Waals surface area contributed by atoms with Crippen molar-refractivity contribution in [2.24, 2.45) is 17.3 Å². The van der Waals surface area contributed by atoms with Gasteiger partial charge in [-0.05, 0) is 55.0 Å². The van der Waals surface area contributed by atoms with Gasteiger partial charge in [-0.2, -0.15) is 0 Å². The van der Waals surface area contributed by atoms with E-state index in [1.54, 1.807) is 0 Å². The number of benzene rings is 2. The monoisotopic (exact) mass is 376 g/mol. The SMILES string of the molecule is CC(C)=CC=C[C@@H]1[C@@H](C(=O)OCc2cccc(Oc3ccccc3)c2)C1(C)C. The van der Waals surface area contributed by atoms with Crippen molar-refractivity contribution in [2.75, 3.05) is 0 Å². The largest absolute Gasteiger partial charge is 0.461 e. The second-order valence-corrected chi connectivity index (χ2v) is 8.12. The number of carbonyl (C=O) groups excluding carboxylic acids is 1. The highest BCUT2D eigenvalue weighted by atomic mass is 16.5. The Morgan fingerprint density at radius 2 is 1.75 bits per heavy atom. The summed E-state index contributed by atoms with van der Waals surface area (Å²) in [5.41, 5.74) is 2.10. The van der Waals surface area contributed by atoms with E-state index in [1.807, 2.05) is 60.7 Å². The van der Waals surface area contributed by atoms with Crippen molar-refractivity contribution < 1.29 is 14.3 Å². The van der Waals surface area contributed by atoms with Crippen LogP contribution in [0.15, 0.2) is 78.4 Å². The molecule has 1 aliphatic carbocycles. The summed E-state index contributed by atoms with van der Waals surface area (Å²) >= 11 is 0. The Labute approximate surface area is 167 Å². The Morgan fingerprint density at radius 1 is 1.04 bits per heavy atom. The Hall–Kier alpha value is -2.81. The van der Waals surface area contributed by atoms with E-state index in [-0.39, 0.29) is 29.8 Å². The molecule has 3 rings (SSSR count). The summed E-state index contributed by atoms with van der Waals surface area (Å²) in [4.78, 5) is 12.6. The maximum absolute atomic E-state index is 12.6. The van der Waals surface area contributed by atoms with E-state index >= 15 is 0 Å². The summed E-state index contributed by atoms with van der Waals surface area (Å²) in [6.07, 6.45) is 6.22. The third-order valence-electron chi connectivity index (χ3n) is 5.17. The quantitative estimate of drug-likeness (QED) is 0.419. The number of hydrogen-bond donors (Lipinski definition) is 0. The second-order valence-electron chi connectivity index (χ2n) is 8.12. The molecule has 0 aliphatic heterocycles. The molecule has 0 heterocycles. The molecular formula is C25H28O3. The number of ether oxygens (including phenoxy) is 2. The second kappa shape index (κ2) is 8.47. The molecule has 0 aromatic heterocycles. The van der Waals surface area contributed by atoms with Crippen molar-refractivity contribution in [1.29, 1.82) is 0 Å². The molecule has 28 heavy (non-hydrogen) atoms. The van der Waals surface area contributed by atoms with Gasteiger partial charge in [-0.3, -0.25) is 4.79 Å². The van der Waals surface area contributed by atoms with Crippen molar-refractivity contribution in [3.05, 3.63) is 84.0 Å². The summed E-state index contributed by atoms with van der Waals surface area (Å²) in [5.74, 6) is 1.52. The number of carbonyl (C=O) groups is 1. The first-order chi connectivity index (χ1) is 13.4. The molecule has 2 atom stereocenters. The van der Waals surface area contributed by atoms with Gasteiger partial charge in [0.2, 0.25) is 0 Å². The minimum Gasteiger partial charge on any atom is -0.461 e. The van der Waals surface area contributed by atoms with E-state index < -0.39 is 0 Å². The first-order valence-electron chi connectivity index (χ1n) is 9.68. The molecule has 3 nitrogen and oxygen atoms in total. The van der Waals surface area contributed by atoms with E-state index in [2.05, 4.69) is 39.8 Å². The van der Waals surface area contributed by atoms with Crippen LogP contribution in [-0.2, 0) is 16.1 Å². The van der Waals surface area contributed by atoms with Crippen LogP contribution in [0.5, 0.6) is 11.5 Å². The standard InChI is InChI=1S/C25H28O3/c1-18(2)10-8-15-22-23(25(22,3)4)24(26)27-17-19-11-9-14-21(16-19)28-20-12-6-5-7-13-20/h5-16,22-23H,17H2,1-4H3/t22-,23+/m1/s1. The van der Waals surface area contributed by atoms with Crippen LogP contribution >= 0.6 is 0 Å². The van der Waals surface area contributed by atoms with Gasteiger partial charge in [0, 0.05) is 0 Å². The van der Waals surface area contributed by atoms with Crippen LogP contribution in [0.25, 0.3) is 0 Å². The predicted octanol–water partition coefficient (Wildman–Crippen LogP) is 6.32. The Kier molecular flexibility index (Phi) is 6.03. The summed E-state index contributed by atoms with van der Waals surface area (Å²) in [6, 6.07) is 17.3. The van der Waals surface area contributed by atoms with Crippen LogP contribution < -0.4 is 4.74 Å². The molecule has 2 aromatic rings. The van der Waals surface area contributed by atoms with E-state index in [0.29, 0.717) is 0 Å². The van der Waals surface area contributed by atoms with E-state index in [9.17, 15) is 4.79 Å². The lowest BCUT2D eigenvalue weighted by molar-refractivity contribution is -0.147. The molecule has 146 valence electrons. The number of para-hydroxylation sites is 1. The number of esters is 1. The molecule has 0 amide bonds. The van der Waals surface area contributed by atoms with Crippen molar-refractivity contribution >= 4 is 5.97 Å². The highest BCUT2D eigenvalue weighted by molar-refractivity contribution is 5.78. The molecule has 1 aliphatic rings.